The van der Waals surface area contributed by atoms with Gasteiger partial charge >= 0.3 is 0 Å². The Kier molecular flexibility index (Phi) is 3.64. The number of hydrogen-bond donors (Lipinski definition) is 0. The third kappa shape index (κ3) is 2.41. The lowest BCUT2D eigenvalue weighted by atomic mass is 9.84. The second kappa shape index (κ2) is 5.70. The van der Waals surface area contributed by atoms with Crippen LogP contribution in [-0.2, 0) is 9.84 Å². The Morgan fingerprint density at radius 1 is 1.12 bits per heavy atom. The predicted octanol–water partition coefficient (Wildman–Crippen LogP) is 0.944. The summed E-state index contributed by atoms with van der Waals surface area (Å²) in [7, 11) is -3.14. The van der Waals surface area contributed by atoms with Gasteiger partial charge in [-0.05, 0) is 18.6 Å². The van der Waals surface area contributed by atoms with E-state index in [9.17, 15) is 8.42 Å². The smallest absolute Gasteiger partial charge is 0.225 e. The summed E-state index contributed by atoms with van der Waals surface area (Å²) >= 11 is 0. The van der Waals surface area contributed by atoms with Crippen LogP contribution in [0.15, 0.2) is 42.9 Å². The van der Waals surface area contributed by atoms with Gasteiger partial charge in [0.2, 0.25) is 11.8 Å². The van der Waals surface area contributed by atoms with E-state index in [1.807, 2.05) is 17.0 Å². The highest BCUT2D eigenvalue weighted by Crippen LogP contribution is 2.45. The molecule has 2 aliphatic rings. The van der Waals surface area contributed by atoms with Crippen LogP contribution in [0.1, 0.15) is 6.42 Å². The first kappa shape index (κ1) is 15.3. The van der Waals surface area contributed by atoms with Crippen molar-refractivity contribution in [2.24, 2.45) is 5.92 Å². The minimum atomic E-state index is -3.14. The van der Waals surface area contributed by atoms with Crippen LogP contribution in [0.5, 0.6) is 5.88 Å². The van der Waals surface area contributed by atoms with Crippen LogP contribution >= 0.6 is 0 Å². The van der Waals surface area contributed by atoms with Crippen molar-refractivity contribution in [1.82, 2.24) is 15.0 Å². The Labute approximate surface area is 140 Å². The molecule has 0 unspecified atom stereocenters. The van der Waals surface area contributed by atoms with Gasteiger partial charge in [0, 0.05) is 43.7 Å². The lowest BCUT2D eigenvalue weighted by molar-refractivity contribution is 0.187. The minimum Gasteiger partial charge on any atom is -0.477 e. The molecule has 0 aliphatic carbocycles. The van der Waals surface area contributed by atoms with Crippen molar-refractivity contribution >= 4 is 15.8 Å². The fourth-order valence-electron chi connectivity index (χ4n) is 3.52. The normalized spacial score (nSPS) is 23.8. The second-order valence-corrected chi connectivity index (χ2v) is 8.70. The molecule has 24 heavy (non-hydrogen) atoms. The Morgan fingerprint density at radius 3 is 2.58 bits per heavy atom. The van der Waals surface area contributed by atoms with E-state index < -0.39 is 14.6 Å². The van der Waals surface area contributed by atoms with Gasteiger partial charge in [-0.15, -0.1) is 0 Å². The maximum Gasteiger partial charge on any atom is 0.225 e. The topological polar surface area (TPSA) is 85.3 Å². The third-order valence-corrected chi connectivity index (χ3v) is 7.52. The van der Waals surface area contributed by atoms with Crippen molar-refractivity contribution in [3.8, 4) is 5.88 Å². The summed E-state index contributed by atoms with van der Waals surface area (Å²) in [5, 5.41) is 0. The molecule has 2 saturated heterocycles. The average Bonchev–Trinajstić information content (AvgIpc) is 2.84. The molecule has 0 saturated carbocycles. The highest BCUT2D eigenvalue weighted by molar-refractivity contribution is 7.93. The molecule has 126 valence electrons. The van der Waals surface area contributed by atoms with Gasteiger partial charge < -0.3 is 9.64 Å². The van der Waals surface area contributed by atoms with Crippen molar-refractivity contribution in [3.05, 3.63) is 42.9 Å². The zero-order chi connectivity index (χ0) is 16.6. The van der Waals surface area contributed by atoms with Gasteiger partial charge in [0.25, 0.3) is 0 Å². The van der Waals surface area contributed by atoms with Crippen molar-refractivity contribution < 1.29 is 13.2 Å². The van der Waals surface area contributed by atoms with Gasteiger partial charge in [0.1, 0.15) is 4.75 Å². The van der Waals surface area contributed by atoms with E-state index in [0.29, 0.717) is 37.9 Å². The maximum atomic E-state index is 12.6. The summed E-state index contributed by atoms with van der Waals surface area (Å²) in [4.78, 5) is 14.4. The van der Waals surface area contributed by atoms with Crippen LogP contribution in [-0.4, -0.2) is 53.6 Å². The van der Waals surface area contributed by atoms with Gasteiger partial charge in [0.05, 0.1) is 12.4 Å². The van der Waals surface area contributed by atoms with Crippen LogP contribution in [0.25, 0.3) is 0 Å². The molecular formula is C16H18N4O3S. The van der Waals surface area contributed by atoms with Crippen LogP contribution in [0.4, 0.5) is 5.95 Å². The largest absolute Gasteiger partial charge is 0.477 e. The molecule has 4 heterocycles. The maximum absolute atomic E-state index is 12.6. The summed E-state index contributed by atoms with van der Waals surface area (Å²) < 4.78 is 30.2. The fraction of sp³-hybridized carbons (Fsp3) is 0.438. The predicted molar refractivity (Wildman–Crippen MR) is 88.6 cm³/mol. The summed E-state index contributed by atoms with van der Waals surface area (Å²) in [5.41, 5.74) is 0. The van der Waals surface area contributed by atoms with E-state index in [2.05, 4.69) is 15.0 Å². The molecule has 0 bridgehead atoms. The molecule has 1 spiro atoms. The number of rotatable bonds is 4. The third-order valence-electron chi connectivity index (χ3n) is 4.92. The molecule has 1 atom stereocenters. The van der Waals surface area contributed by atoms with Crippen molar-refractivity contribution in [2.45, 2.75) is 11.2 Å². The first-order chi connectivity index (χ1) is 11.6. The Morgan fingerprint density at radius 2 is 1.88 bits per heavy atom. The minimum absolute atomic E-state index is 0.0375. The van der Waals surface area contributed by atoms with E-state index >= 15 is 0 Å². The number of aromatic nitrogens is 3. The van der Waals surface area contributed by atoms with E-state index in [1.54, 1.807) is 30.7 Å². The summed E-state index contributed by atoms with van der Waals surface area (Å²) in [6.45, 7) is 1.21. The van der Waals surface area contributed by atoms with E-state index in [4.69, 9.17) is 4.74 Å². The van der Waals surface area contributed by atoms with Crippen LogP contribution in [0, 0.1) is 5.92 Å². The van der Waals surface area contributed by atoms with Gasteiger partial charge in [-0.1, -0.05) is 6.07 Å². The number of anilines is 1. The summed E-state index contributed by atoms with van der Waals surface area (Å²) in [6, 6.07) is 7.19. The Balaban J connectivity index is 1.49. The molecule has 2 fully saturated rings. The second-order valence-electron chi connectivity index (χ2n) is 6.25. The highest BCUT2D eigenvalue weighted by Gasteiger charge is 2.62. The standard InChI is InChI=1S/C16H18N4O3S/c21-24(22)9-5-13(10-23-14-4-1-2-6-17-14)16(24)11-20(12-16)15-18-7-3-8-19-15/h1-4,6-8,13H,5,9-12H2/t13-/m0/s1. The lowest BCUT2D eigenvalue weighted by Crippen LogP contribution is -2.68. The van der Waals surface area contributed by atoms with Crippen LogP contribution in [0.3, 0.4) is 0 Å². The number of nitrogens with zero attached hydrogens (tertiary/aromatic N) is 4. The monoisotopic (exact) mass is 346 g/mol. The molecular weight excluding hydrogens is 328 g/mol. The zero-order valence-corrected chi connectivity index (χ0v) is 13.9. The molecule has 2 aliphatic heterocycles. The van der Waals surface area contributed by atoms with E-state index in [1.165, 1.54) is 0 Å². The van der Waals surface area contributed by atoms with Crippen molar-refractivity contribution in [3.63, 3.8) is 0 Å². The molecule has 2 aromatic heterocycles. The SMILES string of the molecule is O=S1(=O)CC[C@@H](COc2ccccn2)C12CN(c1ncccn1)C2. The molecule has 2 aromatic rings. The number of sulfone groups is 1. The Hall–Kier alpha value is -2.22. The molecule has 7 nitrogen and oxygen atoms in total. The van der Waals surface area contributed by atoms with Gasteiger partial charge in [0.15, 0.2) is 9.84 Å². The highest BCUT2D eigenvalue weighted by atomic mass is 32.2. The van der Waals surface area contributed by atoms with Crippen LogP contribution < -0.4 is 9.64 Å². The quantitative estimate of drug-likeness (QED) is 0.814. The van der Waals surface area contributed by atoms with Gasteiger partial charge in [-0.25, -0.2) is 23.4 Å². The zero-order valence-electron chi connectivity index (χ0n) is 13.1. The Bertz CT molecular complexity index is 808. The van der Waals surface area contributed by atoms with Crippen molar-refractivity contribution in [1.29, 1.82) is 0 Å². The first-order valence-corrected chi connectivity index (χ1v) is 9.54. The van der Waals surface area contributed by atoms with E-state index in [-0.39, 0.29) is 11.7 Å². The molecule has 0 radical (unpaired) electrons. The number of ether oxygens (including phenoxy) is 1. The summed E-state index contributed by atoms with van der Waals surface area (Å²) in [5.74, 6) is 1.28. The fourth-order valence-corrected chi connectivity index (χ4v) is 5.92. The molecule has 0 amide bonds. The number of pyridine rings is 1. The van der Waals surface area contributed by atoms with Gasteiger partial charge in [-0.2, -0.15) is 0 Å². The molecule has 8 heteroatoms. The molecule has 0 aromatic carbocycles. The molecule has 0 N–H and O–H groups in total. The van der Waals surface area contributed by atoms with E-state index in [0.717, 1.165) is 0 Å². The number of hydrogen-bond acceptors (Lipinski definition) is 7. The average molecular weight is 346 g/mol. The lowest BCUT2D eigenvalue weighted by Gasteiger charge is -2.49. The van der Waals surface area contributed by atoms with Gasteiger partial charge in [-0.3, -0.25) is 0 Å². The summed E-state index contributed by atoms with van der Waals surface area (Å²) in [6.07, 6.45) is 5.61. The molecule has 4 rings (SSSR count). The van der Waals surface area contributed by atoms with Crippen molar-refractivity contribution in [2.75, 3.05) is 30.3 Å². The van der Waals surface area contributed by atoms with Crippen LogP contribution in [0.2, 0.25) is 0 Å². The first-order valence-electron chi connectivity index (χ1n) is 7.89.